The topological polar surface area (TPSA) is 0 Å². The molecule has 0 atom stereocenters. The minimum Gasteiger partial charge on any atom is -0.125 e. The Morgan fingerprint density at radius 2 is 0.586 bits per heavy atom. The van der Waals surface area contributed by atoms with Gasteiger partial charge in [-0.15, -0.1) is 11.1 Å². The molecule has 0 spiro atoms. The van der Waals surface area contributed by atoms with Gasteiger partial charge in [0.05, 0.1) is 0 Å². The Kier molecular flexibility index (Phi) is 11.7. The van der Waals surface area contributed by atoms with Gasteiger partial charge in [0, 0.05) is 11.1 Å². The predicted octanol–water partition coefficient (Wildman–Crippen LogP) is 16.8. The lowest BCUT2D eigenvalue weighted by Gasteiger charge is -2.38. The van der Waals surface area contributed by atoms with Gasteiger partial charge in [-0.05, 0) is 135 Å². The van der Waals surface area contributed by atoms with Crippen LogP contribution in [0.5, 0.6) is 0 Å². The molecule has 58 heavy (non-hydrogen) atoms. The normalized spacial score (nSPS) is 12.4. The molecule has 0 unspecified atom stereocenters. The summed E-state index contributed by atoms with van der Waals surface area (Å²) in [6.45, 7) is 28.5. The zero-order valence-electron chi connectivity index (χ0n) is 37.0. The van der Waals surface area contributed by atoms with Crippen LogP contribution in [0.3, 0.4) is 0 Å². The Morgan fingerprint density at radius 1 is 0.310 bits per heavy atom. The highest BCUT2D eigenvalue weighted by Gasteiger charge is 2.42. The van der Waals surface area contributed by atoms with Gasteiger partial charge >= 0.3 is 0 Å². The van der Waals surface area contributed by atoms with Crippen LogP contribution >= 0.6 is 0 Å². The van der Waals surface area contributed by atoms with Crippen molar-refractivity contribution in [3.05, 3.63) is 132 Å². The second-order valence-electron chi connectivity index (χ2n) is 18.7. The first-order valence-electron chi connectivity index (χ1n) is 21.8. The summed E-state index contributed by atoms with van der Waals surface area (Å²) in [7, 11) is -3.56. The first kappa shape index (κ1) is 41.3. The Labute approximate surface area is 351 Å². The van der Waals surface area contributed by atoms with E-state index in [2.05, 4.69) is 227 Å². The maximum Gasteiger partial charge on any atom is 0.146 e. The van der Waals surface area contributed by atoms with Crippen LogP contribution in [0, 0.1) is 22.9 Å². The van der Waals surface area contributed by atoms with Gasteiger partial charge in [-0.3, -0.25) is 0 Å². The number of rotatable bonds is 8. The molecular formula is C56H62Si2. The summed E-state index contributed by atoms with van der Waals surface area (Å²) in [6, 6.07) is 45.5. The Balaban J connectivity index is 1.23. The maximum absolute atomic E-state index is 3.89. The molecule has 0 aliphatic rings. The van der Waals surface area contributed by atoms with Gasteiger partial charge < -0.3 is 0 Å². The third kappa shape index (κ3) is 7.36. The van der Waals surface area contributed by atoms with Crippen molar-refractivity contribution in [2.75, 3.05) is 0 Å². The van der Waals surface area contributed by atoms with Crippen LogP contribution in [0.2, 0.25) is 33.2 Å². The van der Waals surface area contributed by atoms with Crippen molar-refractivity contribution in [2.24, 2.45) is 0 Å². The van der Waals surface area contributed by atoms with E-state index >= 15 is 0 Å². The Hall–Kier alpha value is -4.87. The smallest absolute Gasteiger partial charge is 0.125 e. The highest BCUT2D eigenvalue weighted by molar-refractivity contribution is 6.91. The predicted molar refractivity (Wildman–Crippen MR) is 263 cm³/mol. The van der Waals surface area contributed by atoms with E-state index in [1.807, 2.05) is 0 Å². The second-order valence-corrected chi connectivity index (χ2v) is 29.9. The molecule has 0 aromatic heterocycles. The lowest BCUT2D eigenvalue weighted by atomic mass is 9.91. The zero-order valence-corrected chi connectivity index (χ0v) is 39.0. The van der Waals surface area contributed by atoms with E-state index < -0.39 is 16.1 Å². The second kappa shape index (κ2) is 16.4. The highest BCUT2D eigenvalue weighted by Crippen LogP contribution is 2.43. The maximum atomic E-state index is 3.89. The summed E-state index contributed by atoms with van der Waals surface area (Å²) in [5.74, 6) is 7.26. The summed E-state index contributed by atoms with van der Waals surface area (Å²) in [5, 5.41) is 10.3. The van der Waals surface area contributed by atoms with E-state index in [-0.39, 0.29) is 0 Å². The van der Waals surface area contributed by atoms with E-state index in [9.17, 15) is 0 Å². The molecule has 0 fully saturated rings. The van der Waals surface area contributed by atoms with E-state index in [0.717, 1.165) is 11.1 Å². The van der Waals surface area contributed by atoms with Gasteiger partial charge in [0.2, 0.25) is 0 Å². The van der Waals surface area contributed by atoms with Gasteiger partial charge in [0.15, 0.2) is 0 Å². The quantitative estimate of drug-likeness (QED) is 0.0817. The number of hydrogen-bond acceptors (Lipinski definition) is 0. The third-order valence-corrected chi connectivity index (χ3v) is 26.4. The van der Waals surface area contributed by atoms with Gasteiger partial charge in [0.1, 0.15) is 16.1 Å². The molecule has 0 saturated carbocycles. The van der Waals surface area contributed by atoms with Gasteiger partial charge in [-0.2, -0.15) is 0 Å². The molecule has 7 aromatic carbocycles. The Morgan fingerprint density at radius 3 is 0.879 bits per heavy atom. The molecule has 0 bridgehead atoms. The average Bonchev–Trinajstić information content (AvgIpc) is 3.20. The molecule has 0 aliphatic heterocycles. The molecule has 294 valence electrons. The van der Waals surface area contributed by atoms with Crippen molar-refractivity contribution in [3.63, 3.8) is 0 Å². The number of fused-ring (bicyclic) bond motifs is 7. The molecule has 0 aliphatic carbocycles. The van der Waals surface area contributed by atoms with Crippen molar-refractivity contribution in [1.29, 1.82) is 0 Å². The fraction of sp³-hybridized carbons (Fsp3) is 0.321. The molecule has 7 aromatic rings. The average molecular weight is 791 g/mol. The SMILES string of the molecule is CC(C)[Si](C#Cc1ccc(-c2ccc3c(ccc4ccc5ccc6cc(-c7ccc(C#C[Si](C(C)C)(C(C)C)C(C)C)cc7)ccc6c5c43)c2)cc1)(C(C)C)C(C)C. The van der Waals surface area contributed by atoms with Crippen LogP contribution in [0.1, 0.15) is 94.2 Å². The minimum atomic E-state index is -1.78. The number of benzene rings is 7. The van der Waals surface area contributed by atoms with Crippen LogP contribution in [0.15, 0.2) is 121 Å². The molecule has 0 amide bonds. The highest BCUT2D eigenvalue weighted by atomic mass is 28.3. The van der Waals surface area contributed by atoms with Crippen LogP contribution in [0.4, 0.5) is 0 Å². The lowest BCUT2D eigenvalue weighted by Crippen LogP contribution is -2.43. The molecule has 0 N–H and O–H groups in total. The number of hydrogen-bond donors (Lipinski definition) is 0. The van der Waals surface area contributed by atoms with Crippen molar-refractivity contribution in [1.82, 2.24) is 0 Å². The summed E-state index contributed by atoms with van der Waals surface area (Å²) in [4.78, 5) is 0. The lowest BCUT2D eigenvalue weighted by molar-refractivity contribution is 0.838. The van der Waals surface area contributed by atoms with Crippen LogP contribution in [0.25, 0.3) is 65.3 Å². The fourth-order valence-electron chi connectivity index (χ4n) is 10.8. The third-order valence-electron chi connectivity index (χ3n) is 13.8. The zero-order chi connectivity index (χ0) is 41.5. The van der Waals surface area contributed by atoms with Gasteiger partial charge in [-0.1, -0.05) is 180 Å². The van der Waals surface area contributed by atoms with Crippen LogP contribution in [-0.2, 0) is 0 Å². The first-order valence-corrected chi connectivity index (χ1v) is 26.2. The van der Waals surface area contributed by atoms with E-state index in [1.54, 1.807) is 0 Å². The van der Waals surface area contributed by atoms with Crippen molar-refractivity contribution in [2.45, 2.75) is 116 Å². The van der Waals surface area contributed by atoms with Crippen molar-refractivity contribution >= 4 is 59.2 Å². The van der Waals surface area contributed by atoms with Crippen molar-refractivity contribution in [3.8, 4) is 45.2 Å². The van der Waals surface area contributed by atoms with Gasteiger partial charge in [0.25, 0.3) is 0 Å². The largest absolute Gasteiger partial charge is 0.146 e. The monoisotopic (exact) mass is 790 g/mol. The molecule has 0 radical (unpaired) electrons. The van der Waals surface area contributed by atoms with Crippen LogP contribution < -0.4 is 0 Å². The Bertz CT molecular complexity index is 2500. The summed E-state index contributed by atoms with van der Waals surface area (Å²) in [6.07, 6.45) is 0. The first-order chi connectivity index (χ1) is 27.7. The molecule has 0 heterocycles. The fourth-order valence-corrected chi connectivity index (χ4v) is 21.2. The molecule has 7 rings (SSSR count). The molecular weight excluding hydrogens is 729 g/mol. The summed E-state index contributed by atoms with van der Waals surface area (Å²) in [5.41, 5.74) is 18.7. The summed E-state index contributed by atoms with van der Waals surface area (Å²) >= 11 is 0. The molecule has 0 saturated heterocycles. The molecule has 0 nitrogen and oxygen atoms in total. The van der Waals surface area contributed by atoms with E-state index in [4.69, 9.17) is 0 Å². The minimum absolute atomic E-state index is 0.626. The van der Waals surface area contributed by atoms with E-state index in [1.165, 1.54) is 65.3 Å². The van der Waals surface area contributed by atoms with Gasteiger partial charge in [-0.25, -0.2) is 0 Å². The van der Waals surface area contributed by atoms with E-state index in [0.29, 0.717) is 33.2 Å². The van der Waals surface area contributed by atoms with Crippen LogP contribution in [-0.4, -0.2) is 16.1 Å². The summed E-state index contributed by atoms with van der Waals surface area (Å²) < 4.78 is 0. The van der Waals surface area contributed by atoms with Crippen molar-refractivity contribution < 1.29 is 0 Å². The standard InChI is InChI=1S/C56H62Si2/c1-37(2)57(38(3)4,39(5)6)33-31-43-13-17-45(18-14-43)49-27-29-53-51(35-49)25-23-47-21-22-48-24-26-52-36-50(28-30-54(52)56(48)55(47)53)46-19-15-44(16-20-46)32-34-58(40(7)8,41(9)10)42(11)12/h13-30,35-42H,1-12H3. The molecule has 2 heteroatoms.